The number of hydrogen-bond acceptors (Lipinski definition) is 2. The smallest absolute Gasteiger partial charge is 0.0685 e. The summed E-state index contributed by atoms with van der Waals surface area (Å²) < 4.78 is 6.06. The van der Waals surface area contributed by atoms with Crippen molar-refractivity contribution in [3.05, 3.63) is 0 Å². The molecule has 0 radical (unpaired) electrons. The Kier molecular flexibility index (Phi) is 4.26. The molecule has 94 valence electrons. The van der Waals surface area contributed by atoms with E-state index in [2.05, 4.69) is 19.2 Å². The first-order valence-electron chi connectivity index (χ1n) is 7.08. The molecule has 0 bridgehead atoms. The molecule has 1 spiro atoms. The first-order chi connectivity index (χ1) is 7.70. The molecular formula is C14H27NO. The second-order valence-electron chi connectivity index (χ2n) is 5.99. The van der Waals surface area contributed by atoms with Crippen molar-refractivity contribution in [3.8, 4) is 0 Å². The van der Waals surface area contributed by atoms with Crippen molar-refractivity contribution in [2.24, 2.45) is 5.92 Å². The van der Waals surface area contributed by atoms with E-state index in [-0.39, 0.29) is 0 Å². The molecule has 2 heteroatoms. The van der Waals surface area contributed by atoms with E-state index in [0.717, 1.165) is 12.5 Å². The lowest BCUT2D eigenvalue weighted by atomic mass is 9.83. The quantitative estimate of drug-likeness (QED) is 0.794. The van der Waals surface area contributed by atoms with E-state index in [1.54, 1.807) is 0 Å². The summed E-state index contributed by atoms with van der Waals surface area (Å²) in [7, 11) is 0. The minimum atomic E-state index is 0.306. The molecule has 1 aliphatic heterocycles. The van der Waals surface area contributed by atoms with Gasteiger partial charge >= 0.3 is 0 Å². The summed E-state index contributed by atoms with van der Waals surface area (Å²) >= 11 is 0. The van der Waals surface area contributed by atoms with Crippen LogP contribution in [-0.2, 0) is 4.74 Å². The molecule has 0 amide bonds. The maximum Gasteiger partial charge on any atom is 0.0685 e. The van der Waals surface area contributed by atoms with Crippen molar-refractivity contribution in [1.29, 1.82) is 0 Å². The second kappa shape index (κ2) is 5.50. The summed E-state index contributed by atoms with van der Waals surface area (Å²) in [5.74, 6) is 0.901. The standard InChI is InChI=1S/C14H27NO/c1-12(2)15-9-5-13-6-10-16-14(11-13)7-3-4-8-14/h12-13,15H,3-11H2,1-2H3. The molecule has 1 atom stereocenters. The molecule has 2 fully saturated rings. The van der Waals surface area contributed by atoms with Crippen LogP contribution >= 0.6 is 0 Å². The highest BCUT2D eigenvalue weighted by Gasteiger charge is 2.39. The fourth-order valence-electron chi connectivity index (χ4n) is 3.32. The third-order valence-corrected chi connectivity index (χ3v) is 4.21. The highest BCUT2D eigenvalue weighted by molar-refractivity contribution is 4.91. The molecule has 1 saturated carbocycles. The van der Waals surface area contributed by atoms with Crippen LogP contribution < -0.4 is 5.32 Å². The van der Waals surface area contributed by atoms with Crippen molar-refractivity contribution in [3.63, 3.8) is 0 Å². The van der Waals surface area contributed by atoms with Crippen molar-refractivity contribution in [2.75, 3.05) is 13.2 Å². The number of ether oxygens (including phenoxy) is 1. The summed E-state index contributed by atoms with van der Waals surface area (Å²) in [4.78, 5) is 0. The molecule has 16 heavy (non-hydrogen) atoms. The molecule has 2 rings (SSSR count). The number of nitrogens with one attached hydrogen (secondary N) is 1. The van der Waals surface area contributed by atoms with Gasteiger partial charge in [0.15, 0.2) is 0 Å². The van der Waals surface area contributed by atoms with Gasteiger partial charge in [0.25, 0.3) is 0 Å². The molecule has 1 aliphatic carbocycles. The van der Waals surface area contributed by atoms with Gasteiger partial charge in [0.05, 0.1) is 5.60 Å². The van der Waals surface area contributed by atoms with E-state index in [4.69, 9.17) is 4.74 Å². The van der Waals surface area contributed by atoms with Crippen LogP contribution in [0.3, 0.4) is 0 Å². The monoisotopic (exact) mass is 225 g/mol. The van der Waals surface area contributed by atoms with E-state index >= 15 is 0 Å². The zero-order valence-corrected chi connectivity index (χ0v) is 10.9. The van der Waals surface area contributed by atoms with Crippen LogP contribution in [0.25, 0.3) is 0 Å². The highest BCUT2D eigenvalue weighted by Crippen LogP contribution is 2.42. The maximum atomic E-state index is 6.06. The number of rotatable bonds is 4. The minimum absolute atomic E-state index is 0.306. The first kappa shape index (κ1) is 12.4. The van der Waals surface area contributed by atoms with Gasteiger partial charge in [-0.05, 0) is 44.6 Å². The molecule has 1 N–H and O–H groups in total. The Bertz CT molecular complexity index is 209. The van der Waals surface area contributed by atoms with Crippen molar-refractivity contribution in [1.82, 2.24) is 5.32 Å². The van der Waals surface area contributed by atoms with Gasteiger partial charge in [-0.15, -0.1) is 0 Å². The van der Waals surface area contributed by atoms with E-state index in [0.29, 0.717) is 11.6 Å². The SMILES string of the molecule is CC(C)NCCC1CCOC2(CCCC2)C1. The Morgan fingerprint density at radius 3 is 2.75 bits per heavy atom. The average molecular weight is 225 g/mol. The van der Waals surface area contributed by atoms with Crippen molar-refractivity contribution in [2.45, 2.75) is 70.4 Å². The Morgan fingerprint density at radius 1 is 1.31 bits per heavy atom. The van der Waals surface area contributed by atoms with Gasteiger partial charge in [-0.3, -0.25) is 0 Å². The fraction of sp³-hybridized carbons (Fsp3) is 1.00. The van der Waals surface area contributed by atoms with Crippen LogP contribution in [0.1, 0.15) is 58.8 Å². The fourth-order valence-corrected chi connectivity index (χ4v) is 3.32. The summed E-state index contributed by atoms with van der Waals surface area (Å²) in [6, 6.07) is 0.625. The minimum Gasteiger partial charge on any atom is -0.375 e. The molecule has 0 aromatic carbocycles. The molecule has 1 unspecified atom stereocenters. The van der Waals surface area contributed by atoms with E-state index in [1.807, 2.05) is 0 Å². The molecule has 2 aliphatic rings. The van der Waals surface area contributed by atoms with Crippen LogP contribution in [0.4, 0.5) is 0 Å². The van der Waals surface area contributed by atoms with Crippen molar-refractivity contribution >= 4 is 0 Å². The van der Waals surface area contributed by atoms with Gasteiger partial charge in [-0.1, -0.05) is 26.7 Å². The zero-order chi connectivity index (χ0) is 11.4. The van der Waals surface area contributed by atoms with Crippen LogP contribution in [0, 0.1) is 5.92 Å². The predicted octanol–water partition coefficient (Wildman–Crippen LogP) is 3.11. The van der Waals surface area contributed by atoms with Gasteiger partial charge in [-0.2, -0.15) is 0 Å². The summed E-state index contributed by atoms with van der Waals surface area (Å²) in [6.45, 7) is 6.63. The summed E-state index contributed by atoms with van der Waals surface area (Å²) in [5, 5.41) is 3.53. The van der Waals surface area contributed by atoms with Gasteiger partial charge in [0, 0.05) is 12.6 Å². The van der Waals surface area contributed by atoms with Crippen molar-refractivity contribution < 1.29 is 4.74 Å². The molecule has 2 nitrogen and oxygen atoms in total. The Labute approximate surface area is 100 Å². The zero-order valence-electron chi connectivity index (χ0n) is 10.9. The number of hydrogen-bond donors (Lipinski definition) is 1. The third kappa shape index (κ3) is 3.21. The van der Waals surface area contributed by atoms with Crippen LogP contribution in [-0.4, -0.2) is 24.8 Å². The third-order valence-electron chi connectivity index (χ3n) is 4.21. The normalized spacial score (nSPS) is 29.1. The Hall–Kier alpha value is -0.0800. The lowest BCUT2D eigenvalue weighted by Crippen LogP contribution is -2.38. The van der Waals surface area contributed by atoms with E-state index in [9.17, 15) is 0 Å². The van der Waals surface area contributed by atoms with E-state index < -0.39 is 0 Å². The second-order valence-corrected chi connectivity index (χ2v) is 5.99. The van der Waals surface area contributed by atoms with E-state index in [1.165, 1.54) is 51.5 Å². The van der Waals surface area contributed by atoms with Gasteiger partial charge < -0.3 is 10.1 Å². The van der Waals surface area contributed by atoms with Crippen LogP contribution in [0.15, 0.2) is 0 Å². The summed E-state index contributed by atoms with van der Waals surface area (Å²) in [5.41, 5.74) is 0.306. The van der Waals surface area contributed by atoms with Crippen LogP contribution in [0.5, 0.6) is 0 Å². The largest absolute Gasteiger partial charge is 0.375 e. The average Bonchev–Trinajstić information content (AvgIpc) is 2.66. The first-order valence-corrected chi connectivity index (χ1v) is 7.08. The predicted molar refractivity (Wildman–Crippen MR) is 67.6 cm³/mol. The lowest BCUT2D eigenvalue weighted by Gasteiger charge is -2.38. The molecular weight excluding hydrogens is 198 g/mol. The maximum absolute atomic E-state index is 6.06. The Morgan fingerprint density at radius 2 is 2.06 bits per heavy atom. The topological polar surface area (TPSA) is 21.3 Å². The molecule has 1 heterocycles. The highest BCUT2D eigenvalue weighted by atomic mass is 16.5. The molecule has 1 saturated heterocycles. The van der Waals surface area contributed by atoms with Gasteiger partial charge in [0.1, 0.15) is 0 Å². The van der Waals surface area contributed by atoms with Gasteiger partial charge in [-0.25, -0.2) is 0 Å². The molecule has 0 aromatic heterocycles. The van der Waals surface area contributed by atoms with Crippen LogP contribution in [0.2, 0.25) is 0 Å². The summed E-state index contributed by atoms with van der Waals surface area (Å²) in [6.07, 6.45) is 9.35. The van der Waals surface area contributed by atoms with Gasteiger partial charge in [0.2, 0.25) is 0 Å². The lowest BCUT2D eigenvalue weighted by molar-refractivity contribution is -0.0935. The molecule has 0 aromatic rings. The Balaban J connectivity index is 1.74.